The Morgan fingerprint density at radius 1 is 1.17 bits per heavy atom. The number of aromatic nitrogens is 5. The van der Waals surface area contributed by atoms with Gasteiger partial charge in [-0.15, -0.1) is 0 Å². The Labute approximate surface area is 141 Å². The number of anilines is 1. The smallest absolute Gasteiger partial charge is 0.147 e. The first-order valence-corrected chi connectivity index (χ1v) is 8.53. The van der Waals surface area contributed by atoms with Gasteiger partial charge >= 0.3 is 0 Å². The molecule has 1 atom stereocenters. The molecule has 1 unspecified atom stereocenters. The van der Waals surface area contributed by atoms with Crippen molar-refractivity contribution in [3.05, 3.63) is 42.2 Å². The molecule has 3 heterocycles. The quantitative estimate of drug-likeness (QED) is 0.742. The van der Waals surface area contributed by atoms with E-state index in [1.54, 1.807) is 6.33 Å². The van der Waals surface area contributed by atoms with E-state index in [1.807, 2.05) is 30.7 Å². The minimum absolute atomic E-state index is 0.562. The molecule has 6 heteroatoms. The molecule has 0 radical (unpaired) electrons. The summed E-state index contributed by atoms with van der Waals surface area (Å²) in [6, 6.07) is 8.23. The maximum Gasteiger partial charge on any atom is 0.147 e. The maximum absolute atomic E-state index is 4.57. The third-order valence-corrected chi connectivity index (χ3v) is 4.73. The molecule has 0 saturated carbocycles. The van der Waals surface area contributed by atoms with E-state index in [9.17, 15) is 0 Å². The molecule has 0 amide bonds. The van der Waals surface area contributed by atoms with Crippen LogP contribution in [0.2, 0.25) is 0 Å². The molecule has 1 aliphatic rings. The topological polar surface area (TPSA) is 59.7 Å². The minimum Gasteiger partial charge on any atom is -0.356 e. The molecule has 3 aromatic rings. The van der Waals surface area contributed by atoms with Gasteiger partial charge in [-0.1, -0.05) is 12.1 Å². The van der Waals surface area contributed by atoms with E-state index in [4.69, 9.17) is 0 Å². The minimum atomic E-state index is 0.562. The van der Waals surface area contributed by atoms with Gasteiger partial charge in [-0.2, -0.15) is 5.10 Å². The molecule has 0 aliphatic carbocycles. The van der Waals surface area contributed by atoms with Crippen LogP contribution in [0.3, 0.4) is 0 Å². The monoisotopic (exact) mass is 322 g/mol. The zero-order chi connectivity index (χ0) is 16.5. The Balaban J connectivity index is 1.57. The van der Waals surface area contributed by atoms with Gasteiger partial charge in [-0.25, -0.2) is 19.6 Å². The molecular weight excluding hydrogens is 300 g/mol. The summed E-state index contributed by atoms with van der Waals surface area (Å²) in [5, 5.41) is 5.65. The Hall–Kier alpha value is -2.50. The summed E-state index contributed by atoms with van der Waals surface area (Å²) in [5.74, 6) is 3.46. The fourth-order valence-electron chi connectivity index (χ4n) is 3.63. The molecule has 124 valence electrons. The number of fused-ring (bicyclic) bond motifs is 1. The molecule has 1 fully saturated rings. The molecule has 24 heavy (non-hydrogen) atoms. The van der Waals surface area contributed by atoms with Crippen molar-refractivity contribution in [2.45, 2.75) is 33.2 Å². The molecule has 0 spiro atoms. The fraction of sp³-hybridized carbons (Fsp3) is 0.444. The van der Waals surface area contributed by atoms with Gasteiger partial charge < -0.3 is 4.90 Å². The van der Waals surface area contributed by atoms with Crippen LogP contribution in [-0.2, 0) is 6.54 Å². The number of para-hydroxylation sites is 1. The summed E-state index contributed by atoms with van der Waals surface area (Å²) in [5.41, 5.74) is 1.01. The first kappa shape index (κ1) is 15.1. The van der Waals surface area contributed by atoms with Crippen LogP contribution in [0.1, 0.15) is 24.5 Å². The highest BCUT2D eigenvalue weighted by Crippen LogP contribution is 2.27. The summed E-state index contributed by atoms with van der Waals surface area (Å²) in [6.07, 6.45) is 4.07. The molecule has 1 aliphatic heterocycles. The molecule has 1 saturated heterocycles. The van der Waals surface area contributed by atoms with E-state index < -0.39 is 0 Å². The largest absolute Gasteiger partial charge is 0.356 e. The third kappa shape index (κ3) is 2.84. The summed E-state index contributed by atoms with van der Waals surface area (Å²) in [7, 11) is 0. The van der Waals surface area contributed by atoms with E-state index in [0.717, 1.165) is 48.0 Å². The summed E-state index contributed by atoms with van der Waals surface area (Å²) in [4.78, 5) is 15.8. The van der Waals surface area contributed by atoms with Crippen LogP contribution in [0.25, 0.3) is 10.9 Å². The predicted octanol–water partition coefficient (Wildman–Crippen LogP) is 2.75. The van der Waals surface area contributed by atoms with E-state index in [-0.39, 0.29) is 0 Å². The van der Waals surface area contributed by atoms with Crippen LogP contribution >= 0.6 is 0 Å². The average Bonchev–Trinajstić information content (AvgIpc) is 2.92. The van der Waals surface area contributed by atoms with E-state index in [1.165, 1.54) is 12.8 Å². The van der Waals surface area contributed by atoms with E-state index in [0.29, 0.717) is 5.92 Å². The molecular formula is C18H22N6. The molecule has 0 bridgehead atoms. The van der Waals surface area contributed by atoms with Crippen molar-refractivity contribution in [3.8, 4) is 0 Å². The lowest BCUT2D eigenvalue weighted by molar-refractivity contribution is 0.347. The second-order valence-corrected chi connectivity index (χ2v) is 6.56. The number of rotatable bonds is 3. The average molecular weight is 322 g/mol. The van der Waals surface area contributed by atoms with Crippen LogP contribution in [0.4, 0.5) is 5.82 Å². The van der Waals surface area contributed by atoms with Crippen molar-refractivity contribution < 1.29 is 0 Å². The SMILES string of the molecule is Cc1nc(C)n(CC2CCCN(c3ncnc4ccccc34)C2)n1. The molecule has 6 nitrogen and oxygen atoms in total. The third-order valence-electron chi connectivity index (χ3n) is 4.73. The highest BCUT2D eigenvalue weighted by molar-refractivity contribution is 5.89. The summed E-state index contributed by atoms with van der Waals surface area (Å²) < 4.78 is 2.04. The zero-order valence-corrected chi connectivity index (χ0v) is 14.2. The zero-order valence-electron chi connectivity index (χ0n) is 14.2. The van der Waals surface area contributed by atoms with Gasteiger partial charge in [0, 0.05) is 25.0 Å². The number of aryl methyl sites for hydroxylation is 2. The number of nitrogens with zero attached hydrogens (tertiary/aromatic N) is 6. The van der Waals surface area contributed by atoms with Gasteiger partial charge in [-0.05, 0) is 44.7 Å². The van der Waals surface area contributed by atoms with Crippen LogP contribution in [-0.4, -0.2) is 37.8 Å². The Morgan fingerprint density at radius 3 is 2.88 bits per heavy atom. The van der Waals surface area contributed by atoms with Crippen LogP contribution in [0.5, 0.6) is 0 Å². The molecule has 2 aromatic heterocycles. The van der Waals surface area contributed by atoms with Crippen molar-refractivity contribution in [1.82, 2.24) is 24.7 Å². The van der Waals surface area contributed by atoms with Gasteiger partial charge in [0.25, 0.3) is 0 Å². The van der Waals surface area contributed by atoms with Gasteiger partial charge in [0.2, 0.25) is 0 Å². The van der Waals surface area contributed by atoms with Crippen molar-refractivity contribution in [2.75, 3.05) is 18.0 Å². The molecule has 0 N–H and O–H groups in total. The second-order valence-electron chi connectivity index (χ2n) is 6.56. The lowest BCUT2D eigenvalue weighted by atomic mass is 9.97. The van der Waals surface area contributed by atoms with Crippen LogP contribution < -0.4 is 4.90 Å². The number of hydrogen-bond donors (Lipinski definition) is 0. The molecule has 1 aromatic carbocycles. The summed E-state index contributed by atoms with van der Waals surface area (Å²) in [6.45, 7) is 6.95. The first-order chi connectivity index (χ1) is 11.7. The Kier molecular flexibility index (Phi) is 3.88. The lowest BCUT2D eigenvalue weighted by Gasteiger charge is -2.34. The van der Waals surface area contributed by atoms with Gasteiger partial charge in [-0.3, -0.25) is 0 Å². The van der Waals surface area contributed by atoms with Crippen molar-refractivity contribution in [2.24, 2.45) is 5.92 Å². The number of hydrogen-bond acceptors (Lipinski definition) is 5. The number of piperidine rings is 1. The number of benzene rings is 1. The van der Waals surface area contributed by atoms with Gasteiger partial charge in [0.1, 0.15) is 23.8 Å². The van der Waals surface area contributed by atoms with Crippen molar-refractivity contribution >= 4 is 16.7 Å². The van der Waals surface area contributed by atoms with Crippen LogP contribution in [0, 0.1) is 19.8 Å². The fourth-order valence-corrected chi connectivity index (χ4v) is 3.63. The lowest BCUT2D eigenvalue weighted by Crippen LogP contribution is -2.38. The standard InChI is InChI=1S/C18H22N6/c1-13-21-14(2)24(22-13)11-15-6-5-9-23(10-15)18-16-7-3-4-8-17(16)19-12-20-18/h3-4,7-8,12,15H,5-6,9-11H2,1-2H3. The Morgan fingerprint density at radius 2 is 2.04 bits per heavy atom. The van der Waals surface area contributed by atoms with Gasteiger partial charge in [0.15, 0.2) is 0 Å². The maximum atomic E-state index is 4.57. The van der Waals surface area contributed by atoms with Crippen LogP contribution in [0.15, 0.2) is 30.6 Å². The second kappa shape index (κ2) is 6.19. The first-order valence-electron chi connectivity index (χ1n) is 8.53. The van der Waals surface area contributed by atoms with E-state index in [2.05, 4.69) is 37.1 Å². The van der Waals surface area contributed by atoms with Crippen molar-refractivity contribution in [3.63, 3.8) is 0 Å². The normalized spacial score (nSPS) is 18.2. The summed E-state index contributed by atoms with van der Waals surface area (Å²) >= 11 is 0. The predicted molar refractivity (Wildman–Crippen MR) is 94.0 cm³/mol. The Bertz CT molecular complexity index is 850. The van der Waals surface area contributed by atoms with E-state index >= 15 is 0 Å². The molecule has 4 rings (SSSR count). The highest BCUT2D eigenvalue weighted by Gasteiger charge is 2.23. The highest BCUT2D eigenvalue weighted by atomic mass is 15.3. The van der Waals surface area contributed by atoms with Crippen molar-refractivity contribution in [1.29, 1.82) is 0 Å². The van der Waals surface area contributed by atoms with Gasteiger partial charge in [0.05, 0.1) is 5.52 Å².